The number of nitrogens with one attached hydrogen (secondary N) is 1. The summed E-state index contributed by atoms with van der Waals surface area (Å²) in [6.45, 7) is 0. The average Bonchev–Trinajstić information content (AvgIpc) is 2.79. The van der Waals surface area contributed by atoms with E-state index in [9.17, 15) is 9.90 Å². The van der Waals surface area contributed by atoms with Crippen molar-refractivity contribution in [3.8, 4) is 11.5 Å². The molecule has 0 amide bonds. The van der Waals surface area contributed by atoms with Crippen LogP contribution in [0.1, 0.15) is 10.9 Å². The van der Waals surface area contributed by atoms with E-state index in [1.807, 2.05) is 0 Å². The van der Waals surface area contributed by atoms with Crippen LogP contribution in [0.25, 0.3) is 0 Å². The van der Waals surface area contributed by atoms with Gasteiger partial charge in [0.2, 0.25) is 0 Å². The van der Waals surface area contributed by atoms with Crippen molar-refractivity contribution in [1.82, 2.24) is 5.32 Å². The first kappa shape index (κ1) is 12.1. The average molecular weight is 255 g/mol. The van der Waals surface area contributed by atoms with Crippen LogP contribution in [0.5, 0.6) is 11.5 Å². The summed E-state index contributed by atoms with van der Waals surface area (Å²) in [6, 6.07) is 4.34. The Morgan fingerprint density at radius 2 is 2.35 bits per heavy atom. The van der Waals surface area contributed by atoms with Gasteiger partial charge in [0.05, 0.1) is 12.5 Å². The molecule has 0 spiro atoms. The highest BCUT2D eigenvalue weighted by Gasteiger charge is 2.31. The maximum atomic E-state index is 10.8. The lowest BCUT2D eigenvalue weighted by Gasteiger charge is -2.14. The van der Waals surface area contributed by atoms with Gasteiger partial charge in [0.15, 0.2) is 0 Å². The summed E-state index contributed by atoms with van der Waals surface area (Å²) >= 11 is 1.46. The van der Waals surface area contributed by atoms with E-state index in [1.165, 1.54) is 11.8 Å². The van der Waals surface area contributed by atoms with E-state index in [-0.39, 0.29) is 11.1 Å². The van der Waals surface area contributed by atoms with Gasteiger partial charge >= 0.3 is 5.97 Å². The molecule has 1 fully saturated rings. The maximum absolute atomic E-state index is 10.8. The molecule has 0 aliphatic carbocycles. The lowest BCUT2D eigenvalue weighted by atomic mass is 10.1. The minimum absolute atomic E-state index is 0.141. The summed E-state index contributed by atoms with van der Waals surface area (Å²) in [5.41, 5.74) is 0.651. The summed E-state index contributed by atoms with van der Waals surface area (Å²) in [6.07, 6.45) is 0. The van der Waals surface area contributed by atoms with Crippen LogP contribution < -0.4 is 10.1 Å². The summed E-state index contributed by atoms with van der Waals surface area (Å²) in [7, 11) is 1.55. The second-order valence-electron chi connectivity index (χ2n) is 3.70. The molecule has 0 radical (unpaired) electrons. The van der Waals surface area contributed by atoms with E-state index in [1.54, 1.807) is 25.3 Å². The molecule has 5 nitrogen and oxygen atoms in total. The molecule has 17 heavy (non-hydrogen) atoms. The van der Waals surface area contributed by atoms with Crippen molar-refractivity contribution in [3.63, 3.8) is 0 Å². The van der Waals surface area contributed by atoms with Gasteiger partial charge in [-0.25, -0.2) is 0 Å². The Kier molecular flexibility index (Phi) is 3.44. The van der Waals surface area contributed by atoms with Crippen LogP contribution >= 0.6 is 11.8 Å². The van der Waals surface area contributed by atoms with Crippen LogP contribution in [0.3, 0.4) is 0 Å². The lowest BCUT2D eigenvalue weighted by Crippen LogP contribution is -2.33. The van der Waals surface area contributed by atoms with Crippen molar-refractivity contribution < 1.29 is 19.7 Å². The number of phenols is 1. The largest absolute Gasteiger partial charge is 0.508 e. The van der Waals surface area contributed by atoms with Gasteiger partial charge in [0.25, 0.3) is 0 Å². The molecule has 1 aliphatic heterocycles. The first-order valence-electron chi connectivity index (χ1n) is 5.09. The van der Waals surface area contributed by atoms with Crippen molar-refractivity contribution in [2.75, 3.05) is 12.9 Å². The van der Waals surface area contributed by atoms with Gasteiger partial charge in [0.1, 0.15) is 17.5 Å². The molecule has 1 aromatic carbocycles. The van der Waals surface area contributed by atoms with Crippen LogP contribution in [0.2, 0.25) is 0 Å². The Morgan fingerprint density at radius 3 is 2.94 bits per heavy atom. The molecule has 6 heteroatoms. The summed E-state index contributed by atoms with van der Waals surface area (Å²) in [5, 5.41) is 21.4. The van der Waals surface area contributed by atoms with Crippen LogP contribution in [-0.2, 0) is 4.79 Å². The minimum Gasteiger partial charge on any atom is -0.508 e. The number of hydrogen-bond donors (Lipinski definition) is 3. The number of carboxylic acid groups (broad SMARTS) is 1. The number of thioether (sulfide) groups is 1. The first-order chi connectivity index (χ1) is 8.11. The molecule has 0 aromatic heterocycles. The normalized spacial score (nSPS) is 23.6. The Morgan fingerprint density at radius 1 is 1.59 bits per heavy atom. The first-order valence-corrected chi connectivity index (χ1v) is 6.14. The van der Waals surface area contributed by atoms with Gasteiger partial charge in [-0.15, -0.1) is 11.8 Å². The number of carbonyl (C=O) groups is 1. The lowest BCUT2D eigenvalue weighted by molar-refractivity contribution is -0.138. The molecule has 1 saturated heterocycles. The molecule has 1 aromatic rings. The molecule has 0 bridgehead atoms. The zero-order valence-electron chi connectivity index (χ0n) is 9.21. The molecule has 0 saturated carbocycles. The molecule has 1 heterocycles. The second kappa shape index (κ2) is 4.85. The van der Waals surface area contributed by atoms with Crippen molar-refractivity contribution >= 4 is 17.7 Å². The number of methoxy groups -OCH3 is 1. The number of phenolic OH excluding ortho intramolecular Hbond substituents is 1. The standard InChI is InChI=1S/C11H13NO4S/c1-16-6-2-3-9(13)7(4-6)10-12-8(5-17-10)11(14)15/h2-4,8,10,12-13H,5H2,1H3,(H,14,15). The van der Waals surface area contributed by atoms with Gasteiger partial charge in [-0.3, -0.25) is 10.1 Å². The van der Waals surface area contributed by atoms with Crippen LogP contribution in [0.4, 0.5) is 0 Å². The Labute approximate surface area is 103 Å². The number of ether oxygens (including phenoxy) is 1. The van der Waals surface area contributed by atoms with Gasteiger partial charge < -0.3 is 14.9 Å². The van der Waals surface area contributed by atoms with E-state index >= 15 is 0 Å². The van der Waals surface area contributed by atoms with Crippen LogP contribution in [-0.4, -0.2) is 35.1 Å². The predicted molar refractivity (Wildman–Crippen MR) is 64.4 cm³/mol. The third kappa shape index (κ3) is 2.48. The Bertz CT molecular complexity index is 437. The summed E-state index contributed by atoms with van der Waals surface area (Å²) < 4.78 is 5.08. The highest BCUT2D eigenvalue weighted by molar-refractivity contribution is 7.99. The minimum atomic E-state index is -0.873. The van der Waals surface area contributed by atoms with Crippen molar-refractivity contribution in [3.05, 3.63) is 23.8 Å². The fourth-order valence-electron chi connectivity index (χ4n) is 1.66. The molecular formula is C11H13NO4S. The SMILES string of the molecule is COc1ccc(O)c(C2NC(C(=O)O)CS2)c1. The molecule has 3 N–H and O–H groups in total. The summed E-state index contributed by atoms with van der Waals surface area (Å²) in [5.74, 6) is 0.389. The number of rotatable bonds is 3. The fraction of sp³-hybridized carbons (Fsp3) is 0.364. The molecule has 2 rings (SSSR count). The van der Waals surface area contributed by atoms with Crippen molar-refractivity contribution in [1.29, 1.82) is 0 Å². The Balaban J connectivity index is 2.20. The third-order valence-corrected chi connectivity index (χ3v) is 3.85. The number of carboxylic acids is 1. The van der Waals surface area contributed by atoms with Crippen molar-refractivity contribution in [2.45, 2.75) is 11.4 Å². The van der Waals surface area contributed by atoms with E-state index < -0.39 is 12.0 Å². The van der Waals surface area contributed by atoms with Crippen LogP contribution in [0.15, 0.2) is 18.2 Å². The van der Waals surface area contributed by atoms with Gasteiger partial charge in [-0.1, -0.05) is 0 Å². The van der Waals surface area contributed by atoms with E-state index in [2.05, 4.69) is 5.32 Å². The van der Waals surface area contributed by atoms with Gasteiger partial charge in [0, 0.05) is 11.3 Å². The Hall–Kier alpha value is -1.40. The topological polar surface area (TPSA) is 78.8 Å². The van der Waals surface area contributed by atoms with E-state index in [0.717, 1.165) is 0 Å². The van der Waals surface area contributed by atoms with Crippen molar-refractivity contribution in [2.24, 2.45) is 0 Å². The van der Waals surface area contributed by atoms with Gasteiger partial charge in [-0.05, 0) is 18.2 Å². The molecular weight excluding hydrogens is 242 g/mol. The highest BCUT2D eigenvalue weighted by atomic mass is 32.2. The number of benzene rings is 1. The maximum Gasteiger partial charge on any atom is 0.321 e. The highest BCUT2D eigenvalue weighted by Crippen LogP contribution is 2.38. The van der Waals surface area contributed by atoms with E-state index in [0.29, 0.717) is 17.1 Å². The monoisotopic (exact) mass is 255 g/mol. The molecule has 1 aliphatic rings. The molecule has 2 atom stereocenters. The second-order valence-corrected chi connectivity index (χ2v) is 4.83. The number of aromatic hydroxyl groups is 1. The third-order valence-electron chi connectivity index (χ3n) is 2.60. The molecule has 92 valence electrons. The molecule has 2 unspecified atom stereocenters. The zero-order chi connectivity index (χ0) is 12.4. The summed E-state index contributed by atoms with van der Waals surface area (Å²) in [4.78, 5) is 10.8. The number of aliphatic carboxylic acids is 1. The zero-order valence-corrected chi connectivity index (χ0v) is 10.0. The quantitative estimate of drug-likeness (QED) is 0.753. The van der Waals surface area contributed by atoms with Gasteiger partial charge in [-0.2, -0.15) is 0 Å². The van der Waals surface area contributed by atoms with Crippen LogP contribution in [0, 0.1) is 0 Å². The number of hydrogen-bond acceptors (Lipinski definition) is 5. The fourth-order valence-corrected chi connectivity index (χ4v) is 2.92. The predicted octanol–water partition coefficient (Wildman–Crippen LogP) is 1.19. The van der Waals surface area contributed by atoms with E-state index in [4.69, 9.17) is 9.84 Å². The smallest absolute Gasteiger partial charge is 0.321 e.